The summed E-state index contributed by atoms with van der Waals surface area (Å²) in [6.07, 6.45) is 0.195. The van der Waals surface area contributed by atoms with Crippen molar-refractivity contribution in [2.75, 3.05) is 18.1 Å². The molecule has 3 aromatic rings. The molecule has 4 rings (SSSR count). The number of amides is 2. The van der Waals surface area contributed by atoms with Gasteiger partial charge in [0, 0.05) is 32.1 Å². The van der Waals surface area contributed by atoms with E-state index >= 15 is 0 Å². The Kier molecular flexibility index (Phi) is 5.20. The molecule has 1 fully saturated rings. The zero-order valence-corrected chi connectivity index (χ0v) is 16.5. The second kappa shape index (κ2) is 7.95. The Morgan fingerprint density at radius 1 is 1.31 bits per heavy atom. The van der Waals surface area contributed by atoms with Gasteiger partial charge < -0.3 is 19.4 Å². The van der Waals surface area contributed by atoms with Crippen molar-refractivity contribution in [2.24, 2.45) is 5.92 Å². The average molecular weight is 393 g/mol. The number of hydrogen-bond donors (Lipinski definition) is 1. The molecule has 2 amide bonds. The maximum absolute atomic E-state index is 12.6. The smallest absolute Gasteiger partial charge is 0.227 e. The number of carbonyl (C=O) groups excluding carboxylic acids is 2. The molecule has 0 radical (unpaired) electrons. The highest BCUT2D eigenvalue weighted by molar-refractivity contribution is 6.01. The Hall–Kier alpha value is -3.35. The summed E-state index contributed by atoms with van der Waals surface area (Å²) < 4.78 is 11.0. The van der Waals surface area contributed by atoms with Crippen molar-refractivity contribution in [2.45, 2.75) is 26.8 Å². The van der Waals surface area contributed by atoms with Gasteiger partial charge in [-0.05, 0) is 42.8 Å². The van der Waals surface area contributed by atoms with Crippen molar-refractivity contribution in [1.29, 1.82) is 0 Å². The van der Waals surface area contributed by atoms with Crippen LogP contribution < -0.4 is 15.0 Å². The Balaban J connectivity index is 1.40. The van der Waals surface area contributed by atoms with E-state index in [4.69, 9.17) is 9.15 Å². The number of aromatic nitrogens is 1. The number of carbonyl (C=O) groups is 2. The van der Waals surface area contributed by atoms with Gasteiger partial charge in [-0.1, -0.05) is 12.1 Å². The molecule has 29 heavy (non-hydrogen) atoms. The van der Waals surface area contributed by atoms with E-state index in [9.17, 15) is 9.59 Å². The molecule has 0 unspecified atom stereocenters. The van der Waals surface area contributed by atoms with Crippen LogP contribution in [-0.2, 0) is 16.1 Å². The molecule has 2 heterocycles. The van der Waals surface area contributed by atoms with E-state index in [2.05, 4.69) is 10.3 Å². The number of aryl methyl sites for hydroxylation is 1. The Labute approximate surface area is 168 Å². The van der Waals surface area contributed by atoms with E-state index in [0.29, 0.717) is 36.7 Å². The molecule has 0 bridgehead atoms. The van der Waals surface area contributed by atoms with Gasteiger partial charge in [-0.3, -0.25) is 9.59 Å². The summed E-state index contributed by atoms with van der Waals surface area (Å²) in [5, 5.41) is 2.94. The molecule has 1 saturated heterocycles. The van der Waals surface area contributed by atoms with Gasteiger partial charge in [0.05, 0.1) is 12.5 Å². The molecule has 1 aliphatic rings. The summed E-state index contributed by atoms with van der Waals surface area (Å²) in [5.74, 6) is 0.784. The number of nitrogens with one attached hydrogen (secondary N) is 1. The SMILES string of the molecule is CCOc1cccc(CNC(=O)[C@@H]2CC(=O)N(c3ccc4oc(C)nc4c3)C2)c1. The molecule has 1 N–H and O–H groups in total. The molecular weight excluding hydrogens is 370 g/mol. The normalized spacial score (nSPS) is 16.4. The fourth-order valence-corrected chi connectivity index (χ4v) is 3.58. The lowest BCUT2D eigenvalue weighted by Crippen LogP contribution is -2.32. The molecular formula is C22H23N3O4. The summed E-state index contributed by atoms with van der Waals surface area (Å²) in [4.78, 5) is 31.1. The van der Waals surface area contributed by atoms with Gasteiger partial charge in [-0.2, -0.15) is 0 Å². The first-order valence-corrected chi connectivity index (χ1v) is 9.70. The monoisotopic (exact) mass is 393 g/mol. The highest BCUT2D eigenvalue weighted by Gasteiger charge is 2.35. The lowest BCUT2D eigenvalue weighted by atomic mass is 10.1. The Morgan fingerprint density at radius 2 is 2.17 bits per heavy atom. The number of ether oxygens (including phenoxy) is 1. The first kappa shape index (κ1) is 19.0. The van der Waals surface area contributed by atoms with E-state index in [0.717, 1.165) is 17.0 Å². The van der Waals surface area contributed by atoms with Crippen molar-refractivity contribution in [3.63, 3.8) is 0 Å². The first-order chi connectivity index (χ1) is 14.0. The largest absolute Gasteiger partial charge is 0.494 e. The summed E-state index contributed by atoms with van der Waals surface area (Å²) >= 11 is 0. The Bertz CT molecular complexity index is 1060. The topological polar surface area (TPSA) is 84.7 Å². The van der Waals surface area contributed by atoms with Crippen LogP contribution in [-0.4, -0.2) is 29.9 Å². The number of anilines is 1. The van der Waals surface area contributed by atoms with Crippen LogP contribution in [0.25, 0.3) is 11.1 Å². The van der Waals surface area contributed by atoms with Gasteiger partial charge in [0.15, 0.2) is 11.5 Å². The summed E-state index contributed by atoms with van der Waals surface area (Å²) in [7, 11) is 0. The molecule has 0 aliphatic carbocycles. The molecule has 150 valence electrons. The van der Waals surface area contributed by atoms with Crippen molar-refractivity contribution in [1.82, 2.24) is 10.3 Å². The third-order valence-electron chi connectivity index (χ3n) is 4.96. The van der Waals surface area contributed by atoms with Crippen molar-refractivity contribution in [3.8, 4) is 5.75 Å². The van der Waals surface area contributed by atoms with Crippen LogP contribution >= 0.6 is 0 Å². The lowest BCUT2D eigenvalue weighted by Gasteiger charge is -2.16. The first-order valence-electron chi connectivity index (χ1n) is 9.70. The molecule has 1 aromatic heterocycles. The van der Waals surface area contributed by atoms with Gasteiger partial charge in [0.2, 0.25) is 11.8 Å². The van der Waals surface area contributed by atoms with Crippen LogP contribution in [0.2, 0.25) is 0 Å². The predicted molar refractivity (Wildman–Crippen MR) is 109 cm³/mol. The number of nitrogens with zero attached hydrogens (tertiary/aromatic N) is 2. The summed E-state index contributed by atoms with van der Waals surface area (Å²) in [6.45, 7) is 5.06. The number of fused-ring (bicyclic) bond motifs is 1. The van der Waals surface area contributed by atoms with E-state index in [1.807, 2.05) is 43.3 Å². The molecule has 0 saturated carbocycles. The van der Waals surface area contributed by atoms with Crippen LogP contribution in [0.4, 0.5) is 5.69 Å². The minimum absolute atomic E-state index is 0.0666. The van der Waals surface area contributed by atoms with E-state index in [1.165, 1.54) is 0 Å². The fourth-order valence-electron chi connectivity index (χ4n) is 3.58. The van der Waals surface area contributed by atoms with Crippen LogP contribution in [0.15, 0.2) is 46.9 Å². The van der Waals surface area contributed by atoms with Crippen molar-refractivity contribution < 1.29 is 18.7 Å². The molecule has 1 aliphatic heterocycles. The molecule has 7 heteroatoms. The highest BCUT2D eigenvalue weighted by atomic mass is 16.5. The molecule has 0 spiro atoms. The maximum Gasteiger partial charge on any atom is 0.227 e. The Morgan fingerprint density at radius 3 is 3.00 bits per heavy atom. The van der Waals surface area contributed by atoms with Crippen molar-refractivity contribution >= 4 is 28.6 Å². The zero-order chi connectivity index (χ0) is 20.4. The lowest BCUT2D eigenvalue weighted by molar-refractivity contribution is -0.126. The number of benzene rings is 2. The number of rotatable bonds is 6. The van der Waals surface area contributed by atoms with Gasteiger partial charge in [0.1, 0.15) is 11.3 Å². The van der Waals surface area contributed by atoms with E-state index in [1.54, 1.807) is 17.9 Å². The fraction of sp³-hybridized carbons (Fsp3) is 0.318. The van der Waals surface area contributed by atoms with Crippen LogP contribution in [0.3, 0.4) is 0 Å². The van der Waals surface area contributed by atoms with Gasteiger partial charge >= 0.3 is 0 Å². The second-order valence-corrected chi connectivity index (χ2v) is 7.09. The quantitative estimate of drug-likeness (QED) is 0.695. The second-order valence-electron chi connectivity index (χ2n) is 7.09. The highest BCUT2D eigenvalue weighted by Crippen LogP contribution is 2.28. The number of oxazole rings is 1. The van der Waals surface area contributed by atoms with Crippen LogP contribution in [0.5, 0.6) is 5.75 Å². The van der Waals surface area contributed by atoms with Crippen LogP contribution in [0.1, 0.15) is 24.8 Å². The minimum atomic E-state index is -0.382. The van der Waals surface area contributed by atoms with Gasteiger partial charge in [-0.25, -0.2) is 4.98 Å². The summed E-state index contributed by atoms with van der Waals surface area (Å²) in [5.41, 5.74) is 3.07. The molecule has 1 atom stereocenters. The zero-order valence-electron chi connectivity index (χ0n) is 16.5. The van der Waals surface area contributed by atoms with Gasteiger partial charge in [0.25, 0.3) is 0 Å². The third kappa shape index (κ3) is 4.08. The molecule has 7 nitrogen and oxygen atoms in total. The standard InChI is InChI=1S/C22H23N3O4/c1-3-28-18-6-4-5-15(9-18)12-23-22(27)16-10-21(26)25(13-16)17-7-8-20-19(11-17)24-14(2)29-20/h4-9,11,16H,3,10,12-13H2,1-2H3,(H,23,27)/t16-/m1/s1. The van der Waals surface area contributed by atoms with E-state index in [-0.39, 0.29) is 24.2 Å². The van der Waals surface area contributed by atoms with Crippen molar-refractivity contribution in [3.05, 3.63) is 53.9 Å². The van der Waals surface area contributed by atoms with Gasteiger partial charge in [-0.15, -0.1) is 0 Å². The van der Waals surface area contributed by atoms with E-state index < -0.39 is 0 Å². The predicted octanol–water partition coefficient (Wildman–Crippen LogP) is 3.20. The third-order valence-corrected chi connectivity index (χ3v) is 4.96. The van der Waals surface area contributed by atoms with Crippen LogP contribution in [0, 0.1) is 12.8 Å². The molecule has 2 aromatic carbocycles. The number of hydrogen-bond acceptors (Lipinski definition) is 5. The minimum Gasteiger partial charge on any atom is -0.494 e. The summed E-state index contributed by atoms with van der Waals surface area (Å²) in [6, 6.07) is 13.1. The maximum atomic E-state index is 12.6. The average Bonchev–Trinajstić information content (AvgIpc) is 3.27.